The fraction of sp³-hybridized carbons (Fsp3) is 0.0435. The summed E-state index contributed by atoms with van der Waals surface area (Å²) in [4.78, 5) is 47.3. The van der Waals surface area contributed by atoms with Crippen molar-refractivity contribution in [2.75, 3.05) is 0 Å². The summed E-state index contributed by atoms with van der Waals surface area (Å²) in [5.74, 6) is -1.79. The van der Waals surface area contributed by atoms with Crippen molar-refractivity contribution < 1.29 is 29.0 Å². The Morgan fingerprint density at radius 1 is 0.655 bits per heavy atom. The average Bonchev–Trinajstić information content (AvgIpc) is 2.73. The number of esters is 1. The van der Waals surface area contributed by atoms with E-state index >= 15 is 0 Å². The summed E-state index contributed by atoms with van der Waals surface area (Å²) in [5, 5.41) is 8.95. The van der Waals surface area contributed by atoms with Crippen molar-refractivity contribution in [1.29, 1.82) is 0 Å². The van der Waals surface area contributed by atoms with E-state index in [1.807, 2.05) is 0 Å². The van der Waals surface area contributed by atoms with Crippen molar-refractivity contribution in [1.82, 2.24) is 0 Å². The molecule has 0 amide bonds. The number of carbonyl (C=O) groups excluding carboxylic acids is 3. The van der Waals surface area contributed by atoms with Crippen LogP contribution in [0.4, 0.5) is 0 Å². The Bertz CT molecular complexity index is 1090. The van der Waals surface area contributed by atoms with Crippen LogP contribution in [-0.2, 0) is 4.79 Å². The van der Waals surface area contributed by atoms with E-state index in [1.165, 1.54) is 49.4 Å². The second-order valence-electron chi connectivity index (χ2n) is 6.24. The average molecular weight is 388 g/mol. The molecule has 0 saturated carbocycles. The molecule has 0 spiro atoms. The lowest BCUT2D eigenvalue weighted by atomic mass is 9.97. The van der Waals surface area contributed by atoms with E-state index < -0.39 is 11.9 Å². The largest absolute Gasteiger partial charge is 0.478 e. The second kappa shape index (κ2) is 8.31. The lowest BCUT2D eigenvalue weighted by Gasteiger charge is -2.06. The van der Waals surface area contributed by atoms with Gasteiger partial charge in [0.1, 0.15) is 5.75 Å². The molecule has 6 heteroatoms. The molecule has 0 aliphatic rings. The number of carboxylic acid groups (broad SMARTS) is 1. The summed E-state index contributed by atoms with van der Waals surface area (Å²) < 4.78 is 4.95. The van der Waals surface area contributed by atoms with Gasteiger partial charge in [0.05, 0.1) is 5.56 Å². The molecule has 3 aromatic carbocycles. The second-order valence-corrected chi connectivity index (χ2v) is 6.24. The maximum absolute atomic E-state index is 12.7. The van der Waals surface area contributed by atoms with E-state index in [1.54, 1.807) is 30.3 Å². The first-order chi connectivity index (χ1) is 13.8. The summed E-state index contributed by atoms with van der Waals surface area (Å²) in [7, 11) is 0. The minimum atomic E-state index is -1.07. The minimum Gasteiger partial charge on any atom is -0.478 e. The van der Waals surface area contributed by atoms with Gasteiger partial charge >= 0.3 is 11.9 Å². The topological polar surface area (TPSA) is 97.7 Å². The summed E-state index contributed by atoms with van der Waals surface area (Å²) in [6.07, 6.45) is 0. The van der Waals surface area contributed by atoms with Crippen molar-refractivity contribution in [2.45, 2.75) is 6.92 Å². The summed E-state index contributed by atoms with van der Waals surface area (Å²) in [6.45, 7) is 1.29. The van der Waals surface area contributed by atoms with Gasteiger partial charge in [-0.3, -0.25) is 14.4 Å². The fourth-order valence-corrected chi connectivity index (χ4v) is 2.74. The predicted octanol–water partition coefficient (Wildman–Crippen LogP) is 3.77. The molecule has 29 heavy (non-hydrogen) atoms. The molecule has 144 valence electrons. The number of carboxylic acids is 1. The van der Waals surface area contributed by atoms with Gasteiger partial charge in [-0.15, -0.1) is 0 Å². The third-order valence-electron chi connectivity index (χ3n) is 4.16. The molecule has 0 unspecified atom stereocenters. The number of benzene rings is 3. The zero-order chi connectivity index (χ0) is 21.0. The Morgan fingerprint density at radius 2 is 1.10 bits per heavy atom. The summed E-state index contributed by atoms with van der Waals surface area (Å²) >= 11 is 0. The van der Waals surface area contributed by atoms with Crippen LogP contribution in [-0.4, -0.2) is 28.6 Å². The lowest BCUT2D eigenvalue weighted by molar-refractivity contribution is -0.131. The van der Waals surface area contributed by atoms with Crippen LogP contribution in [0.5, 0.6) is 5.75 Å². The summed E-state index contributed by atoms with van der Waals surface area (Å²) in [6, 6.07) is 18.0. The first kappa shape index (κ1) is 19.7. The van der Waals surface area contributed by atoms with Crippen molar-refractivity contribution >= 4 is 23.5 Å². The van der Waals surface area contributed by atoms with E-state index in [2.05, 4.69) is 0 Å². The first-order valence-electron chi connectivity index (χ1n) is 8.66. The molecule has 0 fully saturated rings. The van der Waals surface area contributed by atoms with Crippen molar-refractivity contribution in [2.24, 2.45) is 0 Å². The van der Waals surface area contributed by atoms with E-state index in [9.17, 15) is 19.2 Å². The number of ketones is 2. The van der Waals surface area contributed by atoms with Crippen molar-refractivity contribution in [3.05, 3.63) is 101 Å². The Kier molecular flexibility index (Phi) is 5.64. The first-order valence-corrected chi connectivity index (χ1v) is 8.66. The van der Waals surface area contributed by atoms with E-state index in [4.69, 9.17) is 9.84 Å². The Labute approximate surface area is 166 Å². The molecule has 3 aromatic rings. The molecule has 0 heterocycles. The van der Waals surface area contributed by atoms with Crippen molar-refractivity contribution in [3.63, 3.8) is 0 Å². The van der Waals surface area contributed by atoms with Gasteiger partial charge in [-0.1, -0.05) is 30.3 Å². The molecule has 0 aromatic heterocycles. The number of carbonyl (C=O) groups is 4. The highest BCUT2D eigenvalue weighted by Crippen LogP contribution is 2.18. The van der Waals surface area contributed by atoms with Crippen molar-refractivity contribution in [3.8, 4) is 5.75 Å². The number of ether oxygens (including phenoxy) is 1. The van der Waals surface area contributed by atoms with Crippen LogP contribution < -0.4 is 4.74 Å². The molecule has 0 radical (unpaired) electrons. The van der Waals surface area contributed by atoms with Gasteiger partial charge in [-0.25, -0.2) is 4.79 Å². The molecule has 3 rings (SSSR count). The minimum absolute atomic E-state index is 0.0858. The quantitative estimate of drug-likeness (QED) is 0.392. The third-order valence-corrected chi connectivity index (χ3v) is 4.16. The van der Waals surface area contributed by atoms with Crippen LogP contribution in [0.3, 0.4) is 0 Å². The predicted molar refractivity (Wildman–Crippen MR) is 104 cm³/mol. The van der Waals surface area contributed by atoms with Gasteiger partial charge < -0.3 is 9.84 Å². The third kappa shape index (κ3) is 4.62. The van der Waals surface area contributed by atoms with E-state index in [0.717, 1.165) is 0 Å². The standard InChI is InChI=1S/C23H16O6/c1-14(24)29-20-11-9-16(10-12-20)22(26)19-4-2-3-18(13-19)21(25)15-5-7-17(8-6-15)23(27)28/h2-13H,1H3,(H,27,28). The maximum atomic E-state index is 12.7. The molecule has 0 aliphatic carbocycles. The van der Waals surface area contributed by atoms with Gasteiger partial charge in [-0.05, 0) is 42.5 Å². The van der Waals surface area contributed by atoms with Crippen LogP contribution in [0.15, 0.2) is 72.8 Å². The smallest absolute Gasteiger partial charge is 0.335 e. The van der Waals surface area contributed by atoms with E-state index in [-0.39, 0.29) is 17.1 Å². The molecule has 1 N–H and O–H groups in total. The van der Waals surface area contributed by atoms with Gasteiger partial charge in [0.15, 0.2) is 11.6 Å². The van der Waals surface area contributed by atoms with Crippen LogP contribution in [0.1, 0.15) is 49.1 Å². The number of hydrogen-bond donors (Lipinski definition) is 1. The number of aromatic carboxylic acids is 1. The van der Waals surface area contributed by atoms with Gasteiger partial charge in [0.2, 0.25) is 0 Å². The highest BCUT2D eigenvalue weighted by molar-refractivity contribution is 6.13. The Morgan fingerprint density at radius 3 is 1.55 bits per heavy atom. The fourth-order valence-electron chi connectivity index (χ4n) is 2.74. The Balaban J connectivity index is 1.83. The normalized spacial score (nSPS) is 10.2. The highest BCUT2D eigenvalue weighted by Gasteiger charge is 2.15. The number of hydrogen-bond acceptors (Lipinski definition) is 5. The SMILES string of the molecule is CC(=O)Oc1ccc(C(=O)c2cccc(C(=O)c3ccc(C(=O)O)cc3)c2)cc1. The maximum Gasteiger partial charge on any atom is 0.335 e. The molecule has 0 bridgehead atoms. The number of rotatable bonds is 6. The highest BCUT2D eigenvalue weighted by atomic mass is 16.5. The molecule has 6 nitrogen and oxygen atoms in total. The van der Waals surface area contributed by atoms with Crippen LogP contribution in [0, 0.1) is 0 Å². The molecule has 0 aliphatic heterocycles. The van der Waals surface area contributed by atoms with Crippen LogP contribution >= 0.6 is 0 Å². The molecule has 0 atom stereocenters. The Hall–Kier alpha value is -4.06. The van der Waals surface area contributed by atoms with Crippen LogP contribution in [0.25, 0.3) is 0 Å². The zero-order valence-electron chi connectivity index (χ0n) is 15.4. The monoisotopic (exact) mass is 388 g/mol. The van der Waals surface area contributed by atoms with E-state index in [0.29, 0.717) is 28.0 Å². The molecular weight excluding hydrogens is 372 g/mol. The molecule has 0 saturated heterocycles. The van der Waals surface area contributed by atoms with Gasteiger partial charge in [0.25, 0.3) is 0 Å². The lowest BCUT2D eigenvalue weighted by Crippen LogP contribution is -2.07. The molecular formula is C23H16O6. The van der Waals surface area contributed by atoms with Gasteiger partial charge in [-0.2, -0.15) is 0 Å². The zero-order valence-corrected chi connectivity index (χ0v) is 15.4. The summed E-state index contributed by atoms with van der Waals surface area (Å²) in [5.41, 5.74) is 1.44. The van der Waals surface area contributed by atoms with Crippen LogP contribution in [0.2, 0.25) is 0 Å². The van der Waals surface area contributed by atoms with Gasteiger partial charge in [0, 0.05) is 29.2 Å².